The summed E-state index contributed by atoms with van der Waals surface area (Å²) in [6, 6.07) is 20.3. The number of halogens is 1. The van der Waals surface area contributed by atoms with Crippen molar-refractivity contribution >= 4 is 20.9 Å². The third-order valence-corrected chi connectivity index (χ3v) is 6.63. The van der Waals surface area contributed by atoms with Crippen molar-refractivity contribution in [2.75, 3.05) is 13.2 Å². The first-order chi connectivity index (χ1) is 15.0. The Bertz CT molecular complexity index is 1270. The number of para-hydroxylation sites is 1. The number of aromatic amines is 1. The highest BCUT2D eigenvalue weighted by molar-refractivity contribution is 7.89. The zero-order valence-electron chi connectivity index (χ0n) is 17.0. The summed E-state index contributed by atoms with van der Waals surface area (Å²) < 4.78 is 47.4. The van der Waals surface area contributed by atoms with Crippen molar-refractivity contribution in [3.63, 3.8) is 0 Å². The van der Waals surface area contributed by atoms with Crippen molar-refractivity contribution < 1.29 is 17.5 Å². The number of hydrogen-bond donors (Lipinski definition) is 2. The minimum absolute atomic E-state index is 0.128. The van der Waals surface area contributed by atoms with Crippen LogP contribution in [0.5, 0.6) is 5.75 Å². The highest BCUT2D eigenvalue weighted by Gasteiger charge is 2.22. The second-order valence-electron chi connectivity index (χ2n) is 7.15. The van der Waals surface area contributed by atoms with Crippen LogP contribution in [0.1, 0.15) is 24.0 Å². The molecule has 7 heteroatoms. The summed E-state index contributed by atoms with van der Waals surface area (Å²) in [7, 11) is -3.74. The Labute approximate surface area is 180 Å². The van der Waals surface area contributed by atoms with E-state index in [1.165, 1.54) is 24.3 Å². The molecule has 1 heterocycles. The molecule has 0 aliphatic heterocycles. The molecule has 0 bridgehead atoms. The maximum atomic E-state index is 13.5. The molecule has 0 aliphatic carbocycles. The molecule has 1 atom stereocenters. The smallest absolute Gasteiger partial charge is 0.240 e. The number of fused-ring (bicyclic) bond motifs is 1. The first-order valence-electron chi connectivity index (χ1n) is 10.0. The molecule has 3 aromatic carbocycles. The molecular weight excluding hydrogens is 415 g/mol. The van der Waals surface area contributed by atoms with Crippen molar-refractivity contribution in [1.82, 2.24) is 9.71 Å². The van der Waals surface area contributed by atoms with E-state index >= 15 is 0 Å². The number of sulfonamides is 1. The Hall–Kier alpha value is -3.16. The van der Waals surface area contributed by atoms with Crippen LogP contribution in [0.15, 0.2) is 83.9 Å². The van der Waals surface area contributed by atoms with Gasteiger partial charge in [-0.25, -0.2) is 17.5 Å². The van der Waals surface area contributed by atoms with Crippen LogP contribution in [-0.4, -0.2) is 26.6 Å². The van der Waals surface area contributed by atoms with E-state index in [0.717, 1.165) is 22.0 Å². The molecule has 4 aromatic rings. The molecular formula is C24H23FN2O3S. The Balaban J connectivity index is 1.64. The van der Waals surface area contributed by atoms with E-state index in [9.17, 15) is 12.8 Å². The van der Waals surface area contributed by atoms with Gasteiger partial charge >= 0.3 is 0 Å². The van der Waals surface area contributed by atoms with Gasteiger partial charge in [0.25, 0.3) is 0 Å². The van der Waals surface area contributed by atoms with E-state index in [2.05, 4.69) is 9.71 Å². The van der Waals surface area contributed by atoms with Crippen molar-refractivity contribution in [2.45, 2.75) is 17.7 Å². The monoisotopic (exact) mass is 438 g/mol. The second kappa shape index (κ2) is 8.91. The van der Waals surface area contributed by atoms with Gasteiger partial charge in [-0.1, -0.05) is 30.3 Å². The second-order valence-corrected chi connectivity index (χ2v) is 8.92. The van der Waals surface area contributed by atoms with Gasteiger partial charge < -0.3 is 9.72 Å². The lowest BCUT2D eigenvalue weighted by Crippen LogP contribution is -2.29. The van der Waals surface area contributed by atoms with E-state index in [1.54, 1.807) is 24.3 Å². The number of rotatable bonds is 8. The lowest BCUT2D eigenvalue weighted by Gasteiger charge is -2.18. The summed E-state index contributed by atoms with van der Waals surface area (Å²) in [5.74, 6) is -0.0185. The normalized spacial score (nSPS) is 12.7. The van der Waals surface area contributed by atoms with Crippen LogP contribution >= 0.6 is 0 Å². The summed E-state index contributed by atoms with van der Waals surface area (Å²) in [4.78, 5) is 3.39. The molecule has 4 rings (SSSR count). The van der Waals surface area contributed by atoms with Crippen molar-refractivity contribution in [1.29, 1.82) is 0 Å². The minimum Gasteiger partial charge on any atom is -0.494 e. The van der Waals surface area contributed by atoms with Crippen LogP contribution in [0.4, 0.5) is 4.39 Å². The third-order valence-electron chi connectivity index (χ3n) is 5.19. The summed E-state index contributed by atoms with van der Waals surface area (Å²) in [5, 5.41) is 0.997. The van der Waals surface area contributed by atoms with Gasteiger partial charge in [0, 0.05) is 29.6 Å². The Morgan fingerprint density at radius 1 is 1.00 bits per heavy atom. The number of benzene rings is 3. The van der Waals surface area contributed by atoms with E-state index in [-0.39, 0.29) is 23.2 Å². The van der Waals surface area contributed by atoms with Crippen molar-refractivity contribution in [3.05, 3.63) is 95.9 Å². The molecule has 0 aliphatic rings. The molecule has 1 unspecified atom stereocenters. The maximum absolute atomic E-state index is 13.5. The maximum Gasteiger partial charge on any atom is 0.240 e. The van der Waals surface area contributed by atoms with Gasteiger partial charge in [-0.2, -0.15) is 0 Å². The van der Waals surface area contributed by atoms with Gasteiger partial charge in [0.05, 0.1) is 11.5 Å². The van der Waals surface area contributed by atoms with Gasteiger partial charge in [0.2, 0.25) is 10.0 Å². The lowest BCUT2D eigenvalue weighted by molar-refractivity contribution is 0.340. The molecule has 2 N–H and O–H groups in total. The topological polar surface area (TPSA) is 71.2 Å². The predicted molar refractivity (Wildman–Crippen MR) is 119 cm³/mol. The first kappa shape index (κ1) is 21.1. The SMILES string of the molecule is CCOc1ccc(S(=O)(=O)NCC(c2ccc(F)cc2)c2c[nH]c3ccccc23)cc1. The fraction of sp³-hybridized carbons (Fsp3) is 0.167. The standard InChI is InChI=1S/C24H23FN2O3S/c1-2-30-19-11-13-20(14-12-19)31(28,29)27-16-22(17-7-9-18(25)10-8-17)23-15-26-24-6-4-3-5-21(23)24/h3-15,22,26-27H,2,16H2,1H3. The molecule has 0 amide bonds. The Morgan fingerprint density at radius 2 is 1.71 bits per heavy atom. The highest BCUT2D eigenvalue weighted by Crippen LogP contribution is 2.31. The number of H-pyrrole nitrogens is 1. The Kier molecular flexibility index (Phi) is 6.06. The molecule has 0 radical (unpaired) electrons. The van der Waals surface area contributed by atoms with Crippen LogP contribution in [0, 0.1) is 5.82 Å². The van der Waals surface area contributed by atoms with Crippen molar-refractivity contribution in [2.24, 2.45) is 0 Å². The first-order valence-corrected chi connectivity index (χ1v) is 11.5. The fourth-order valence-electron chi connectivity index (χ4n) is 3.64. The summed E-state index contributed by atoms with van der Waals surface area (Å²) in [5.41, 5.74) is 2.72. The third kappa shape index (κ3) is 4.62. The van der Waals surface area contributed by atoms with Crippen LogP contribution in [0.3, 0.4) is 0 Å². The van der Waals surface area contributed by atoms with Gasteiger partial charge in [-0.3, -0.25) is 0 Å². The summed E-state index contributed by atoms with van der Waals surface area (Å²) >= 11 is 0. The molecule has 0 fully saturated rings. The number of ether oxygens (including phenoxy) is 1. The molecule has 1 aromatic heterocycles. The number of nitrogens with one attached hydrogen (secondary N) is 2. The molecule has 0 spiro atoms. The van der Waals surface area contributed by atoms with Gasteiger partial charge in [-0.05, 0) is 60.5 Å². The van der Waals surface area contributed by atoms with E-state index < -0.39 is 10.0 Å². The van der Waals surface area contributed by atoms with E-state index in [1.807, 2.05) is 37.4 Å². The molecule has 0 saturated carbocycles. The summed E-state index contributed by atoms with van der Waals surface area (Å²) in [6.45, 7) is 2.50. The number of aromatic nitrogens is 1. The molecule has 160 valence electrons. The predicted octanol–water partition coefficient (Wildman–Crippen LogP) is 4.82. The lowest BCUT2D eigenvalue weighted by atomic mass is 9.91. The van der Waals surface area contributed by atoms with E-state index in [4.69, 9.17) is 4.74 Å². The van der Waals surface area contributed by atoms with E-state index in [0.29, 0.717) is 12.4 Å². The zero-order chi connectivity index (χ0) is 21.8. The van der Waals surface area contributed by atoms with Crippen molar-refractivity contribution in [3.8, 4) is 5.75 Å². The average Bonchev–Trinajstić information content (AvgIpc) is 3.20. The van der Waals surface area contributed by atoms with Crippen LogP contribution < -0.4 is 9.46 Å². The largest absolute Gasteiger partial charge is 0.494 e. The molecule has 31 heavy (non-hydrogen) atoms. The molecule has 0 saturated heterocycles. The highest BCUT2D eigenvalue weighted by atomic mass is 32.2. The van der Waals surface area contributed by atoms with Crippen LogP contribution in [-0.2, 0) is 10.0 Å². The minimum atomic E-state index is -3.74. The quantitative estimate of drug-likeness (QED) is 0.414. The van der Waals surface area contributed by atoms with Crippen LogP contribution in [0.2, 0.25) is 0 Å². The van der Waals surface area contributed by atoms with Gasteiger partial charge in [-0.15, -0.1) is 0 Å². The van der Waals surface area contributed by atoms with Gasteiger partial charge in [0.1, 0.15) is 11.6 Å². The zero-order valence-corrected chi connectivity index (χ0v) is 17.8. The Morgan fingerprint density at radius 3 is 2.42 bits per heavy atom. The fourth-order valence-corrected chi connectivity index (χ4v) is 4.69. The number of hydrogen-bond acceptors (Lipinski definition) is 3. The average molecular weight is 439 g/mol. The van der Waals surface area contributed by atoms with Gasteiger partial charge in [0.15, 0.2) is 0 Å². The van der Waals surface area contributed by atoms with Crippen LogP contribution in [0.25, 0.3) is 10.9 Å². The molecule has 5 nitrogen and oxygen atoms in total. The summed E-state index contributed by atoms with van der Waals surface area (Å²) in [6.07, 6.45) is 1.88.